The zero-order valence-corrected chi connectivity index (χ0v) is 13.7. The predicted octanol–water partition coefficient (Wildman–Crippen LogP) is 3.13. The molecule has 5 nitrogen and oxygen atoms in total. The summed E-state index contributed by atoms with van der Waals surface area (Å²) in [7, 11) is 0. The lowest BCUT2D eigenvalue weighted by Gasteiger charge is -2.32. The first kappa shape index (κ1) is 14.8. The normalized spacial score (nSPS) is 21.1. The Bertz CT molecular complexity index is 641. The smallest absolute Gasteiger partial charge is 0.181 e. The Balaban J connectivity index is 1.47. The van der Waals surface area contributed by atoms with E-state index in [9.17, 15) is 0 Å². The first-order valence-corrected chi connectivity index (χ1v) is 8.65. The molecule has 0 amide bonds. The summed E-state index contributed by atoms with van der Waals surface area (Å²) in [6.07, 6.45) is 3.80. The average molecular weight is 312 g/mol. The highest BCUT2D eigenvalue weighted by Crippen LogP contribution is 2.35. The molecule has 1 aromatic heterocycles. The minimum atomic E-state index is 0.422. The Morgan fingerprint density at radius 3 is 2.57 bits per heavy atom. The highest BCUT2D eigenvalue weighted by Gasteiger charge is 2.23. The van der Waals surface area contributed by atoms with Gasteiger partial charge < -0.3 is 4.74 Å². The van der Waals surface area contributed by atoms with Crippen LogP contribution in [0.25, 0.3) is 11.4 Å². The minimum Gasteiger partial charge on any atom is -0.379 e. The third-order valence-electron chi connectivity index (χ3n) is 5.24. The molecule has 0 radical (unpaired) electrons. The van der Waals surface area contributed by atoms with Crippen molar-refractivity contribution in [3.05, 3.63) is 35.7 Å². The number of nitrogens with zero attached hydrogens (tertiary/aromatic N) is 3. The largest absolute Gasteiger partial charge is 0.379 e. The number of benzene rings is 1. The number of H-pyrrole nitrogens is 1. The fraction of sp³-hybridized carbons (Fsp3) is 0.556. The maximum Gasteiger partial charge on any atom is 0.181 e. The first-order valence-electron chi connectivity index (χ1n) is 8.65. The van der Waals surface area contributed by atoms with Gasteiger partial charge in [-0.3, -0.25) is 10.00 Å². The van der Waals surface area contributed by atoms with Crippen LogP contribution in [0.5, 0.6) is 0 Å². The zero-order valence-electron chi connectivity index (χ0n) is 13.7. The first-order chi connectivity index (χ1) is 11.3. The van der Waals surface area contributed by atoms with Gasteiger partial charge in [-0.2, -0.15) is 5.10 Å². The lowest BCUT2D eigenvalue weighted by Crippen LogP contribution is -2.37. The molecule has 1 aliphatic carbocycles. The van der Waals surface area contributed by atoms with Crippen LogP contribution in [0.15, 0.2) is 24.3 Å². The molecule has 2 aromatic rings. The molecule has 1 atom stereocenters. The molecule has 5 heteroatoms. The monoisotopic (exact) mass is 312 g/mol. The molecule has 0 spiro atoms. The van der Waals surface area contributed by atoms with Crippen LogP contribution < -0.4 is 0 Å². The number of hydrogen-bond donors (Lipinski definition) is 1. The Morgan fingerprint density at radius 2 is 1.91 bits per heavy atom. The van der Waals surface area contributed by atoms with Crippen molar-refractivity contribution in [2.75, 3.05) is 26.3 Å². The summed E-state index contributed by atoms with van der Waals surface area (Å²) in [6, 6.07) is 9.11. The molecule has 2 heterocycles. The molecule has 1 N–H and O–H groups in total. The number of aromatic nitrogens is 3. The van der Waals surface area contributed by atoms with Gasteiger partial charge in [0.05, 0.1) is 13.2 Å². The van der Waals surface area contributed by atoms with E-state index in [4.69, 9.17) is 4.74 Å². The topological polar surface area (TPSA) is 54.0 Å². The second kappa shape index (κ2) is 6.42. The highest BCUT2D eigenvalue weighted by molar-refractivity contribution is 5.55. The quantitative estimate of drug-likeness (QED) is 0.942. The van der Waals surface area contributed by atoms with Crippen LogP contribution in [0.3, 0.4) is 0 Å². The Labute approximate surface area is 137 Å². The molecule has 0 bridgehead atoms. The van der Waals surface area contributed by atoms with Crippen LogP contribution >= 0.6 is 0 Å². The van der Waals surface area contributed by atoms with E-state index >= 15 is 0 Å². The van der Waals surface area contributed by atoms with Gasteiger partial charge in [-0.05, 0) is 25.3 Å². The number of morpholine rings is 1. The second-order valence-electron chi connectivity index (χ2n) is 6.62. The van der Waals surface area contributed by atoms with Gasteiger partial charge in [0.15, 0.2) is 5.82 Å². The summed E-state index contributed by atoms with van der Waals surface area (Å²) in [4.78, 5) is 7.15. The van der Waals surface area contributed by atoms with Crippen molar-refractivity contribution in [1.82, 2.24) is 20.1 Å². The van der Waals surface area contributed by atoms with E-state index in [1.54, 1.807) is 0 Å². The molecule has 1 aliphatic heterocycles. The lowest BCUT2D eigenvalue weighted by molar-refractivity contribution is 0.0198. The Hall–Kier alpha value is -1.72. The summed E-state index contributed by atoms with van der Waals surface area (Å²) in [5.41, 5.74) is 2.43. The summed E-state index contributed by atoms with van der Waals surface area (Å²) < 4.78 is 5.44. The molecular weight excluding hydrogens is 288 g/mol. The van der Waals surface area contributed by atoms with Gasteiger partial charge in [-0.15, -0.1) is 0 Å². The fourth-order valence-corrected chi connectivity index (χ4v) is 3.35. The fourth-order valence-electron chi connectivity index (χ4n) is 3.35. The number of aromatic amines is 1. The molecule has 23 heavy (non-hydrogen) atoms. The molecule has 1 saturated carbocycles. The zero-order chi connectivity index (χ0) is 15.6. The van der Waals surface area contributed by atoms with Crippen LogP contribution in [-0.2, 0) is 4.74 Å². The third-order valence-corrected chi connectivity index (χ3v) is 5.24. The van der Waals surface area contributed by atoms with Crippen LogP contribution in [0.4, 0.5) is 0 Å². The average Bonchev–Trinajstić information content (AvgIpc) is 3.03. The van der Waals surface area contributed by atoms with Crippen molar-refractivity contribution in [2.45, 2.75) is 38.1 Å². The standard InChI is InChI=1S/C18H24N4O/c1-13(22-9-11-23-12-10-22)14-5-7-16(8-6-14)18-19-17(20-21-18)15-3-2-4-15/h5-8,13,15H,2-4,9-12H2,1H3,(H,19,20,21)/t13-/m1/s1. The third kappa shape index (κ3) is 3.03. The Kier molecular flexibility index (Phi) is 4.14. The molecule has 122 valence electrons. The van der Waals surface area contributed by atoms with Gasteiger partial charge in [0.1, 0.15) is 5.82 Å². The van der Waals surface area contributed by atoms with Crippen LogP contribution in [-0.4, -0.2) is 46.4 Å². The molecule has 2 aliphatic rings. The summed E-state index contributed by atoms with van der Waals surface area (Å²) in [5, 5.41) is 7.50. The molecule has 4 rings (SSSR count). The number of rotatable bonds is 4. The second-order valence-corrected chi connectivity index (χ2v) is 6.62. The molecule has 1 aromatic carbocycles. The summed E-state index contributed by atoms with van der Waals surface area (Å²) >= 11 is 0. The molecule has 0 unspecified atom stereocenters. The van der Waals surface area contributed by atoms with E-state index in [1.165, 1.54) is 24.8 Å². The summed E-state index contributed by atoms with van der Waals surface area (Å²) in [5.74, 6) is 2.46. The van der Waals surface area contributed by atoms with E-state index < -0.39 is 0 Å². The number of ether oxygens (including phenoxy) is 1. The van der Waals surface area contributed by atoms with E-state index in [2.05, 4.69) is 51.3 Å². The van der Waals surface area contributed by atoms with Crippen LogP contribution in [0.2, 0.25) is 0 Å². The van der Waals surface area contributed by atoms with Crippen LogP contribution in [0.1, 0.15) is 49.5 Å². The lowest BCUT2D eigenvalue weighted by atomic mass is 9.85. The van der Waals surface area contributed by atoms with E-state index in [1.807, 2.05) is 0 Å². The number of nitrogens with one attached hydrogen (secondary N) is 1. The van der Waals surface area contributed by atoms with Gasteiger partial charge in [0.25, 0.3) is 0 Å². The van der Waals surface area contributed by atoms with Gasteiger partial charge >= 0.3 is 0 Å². The van der Waals surface area contributed by atoms with Crippen molar-refractivity contribution in [2.24, 2.45) is 0 Å². The van der Waals surface area contributed by atoms with Crippen molar-refractivity contribution < 1.29 is 4.74 Å². The van der Waals surface area contributed by atoms with Gasteiger partial charge in [0.2, 0.25) is 0 Å². The summed E-state index contributed by atoms with van der Waals surface area (Å²) in [6.45, 7) is 5.96. The molecular formula is C18H24N4O. The molecule has 2 fully saturated rings. The minimum absolute atomic E-state index is 0.422. The maximum atomic E-state index is 5.44. The maximum absolute atomic E-state index is 5.44. The van der Waals surface area contributed by atoms with Gasteiger partial charge in [-0.1, -0.05) is 30.7 Å². The van der Waals surface area contributed by atoms with Crippen LogP contribution in [0, 0.1) is 0 Å². The van der Waals surface area contributed by atoms with E-state index in [0.29, 0.717) is 12.0 Å². The van der Waals surface area contributed by atoms with Crippen molar-refractivity contribution in [3.63, 3.8) is 0 Å². The van der Waals surface area contributed by atoms with E-state index in [-0.39, 0.29) is 0 Å². The number of hydrogen-bond acceptors (Lipinski definition) is 4. The molecule has 1 saturated heterocycles. The van der Waals surface area contributed by atoms with Crippen molar-refractivity contribution in [3.8, 4) is 11.4 Å². The van der Waals surface area contributed by atoms with Gasteiger partial charge in [-0.25, -0.2) is 4.98 Å². The SMILES string of the molecule is C[C@H](c1ccc(-c2n[nH]c(C3CCC3)n2)cc1)N1CCOCC1. The van der Waals surface area contributed by atoms with Crippen molar-refractivity contribution >= 4 is 0 Å². The highest BCUT2D eigenvalue weighted by atomic mass is 16.5. The van der Waals surface area contributed by atoms with Crippen molar-refractivity contribution in [1.29, 1.82) is 0 Å². The van der Waals surface area contributed by atoms with Gasteiger partial charge in [0, 0.05) is 30.6 Å². The predicted molar refractivity (Wildman–Crippen MR) is 89.2 cm³/mol. The van der Waals surface area contributed by atoms with E-state index in [0.717, 1.165) is 43.5 Å². The Morgan fingerprint density at radius 1 is 1.17 bits per heavy atom.